The van der Waals surface area contributed by atoms with E-state index in [0.717, 1.165) is 28.4 Å². The second kappa shape index (κ2) is 4.41. The normalized spacial score (nSPS) is 10.3. The number of rotatable bonds is 2. The molecule has 0 amide bonds. The minimum Gasteiger partial charge on any atom is -0.241 e. The van der Waals surface area contributed by atoms with Crippen molar-refractivity contribution in [1.29, 1.82) is 0 Å². The highest BCUT2D eigenvalue weighted by atomic mass is 35.5. The highest BCUT2D eigenvalue weighted by molar-refractivity contribution is 6.30. The summed E-state index contributed by atoms with van der Waals surface area (Å²) in [6.45, 7) is 2.08. The molecule has 0 fully saturated rings. The zero-order valence-electron chi connectivity index (χ0n) is 8.44. The van der Waals surface area contributed by atoms with Crippen molar-refractivity contribution in [3.63, 3.8) is 0 Å². The van der Waals surface area contributed by atoms with Gasteiger partial charge in [0, 0.05) is 16.3 Å². The molecule has 2 nitrogen and oxygen atoms in total. The first kappa shape index (κ1) is 10.1. The van der Waals surface area contributed by atoms with E-state index < -0.39 is 0 Å². The quantitative estimate of drug-likeness (QED) is 0.773. The molecule has 0 aliphatic heterocycles. The van der Waals surface area contributed by atoms with Crippen LogP contribution in [0.5, 0.6) is 0 Å². The van der Waals surface area contributed by atoms with E-state index in [4.69, 9.17) is 11.6 Å². The van der Waals surface area contributed by atoms with Gasteiger partial charge in [0.15, 0.2) is 0 Å². The molecule has 0 radical (unpaired) electrons. The Hall–Kier alpha value is -1.41. The average molecular weight is 219 g/mol. The van der Waals surface area contributed by atoms with Crippen molar-refractivity contribution in [1.82, 2.24) is 9.97 Å². The van der Waals surface area contributed by atoms with Crippen LogP contribution in [0.3, 0.4) is 0 Å². The number of nitrogens with zero attached hydrogens (tertiary/aromatic N) is 2. The first-order chi connectivity index (χ1) is 7.29. The number of halogens is 1. The zero-order chi connectivity index (χ0) is 10.7. The van der Waals surface area contributed by atoms with Crippen LogP contribution >= 0.6 is 11.6 Å². The molecule has 3 heteroatoms. The molecule has 1 heterocycles. The van der Waals surface area contributed by atoms with Crippen LogP contribution in [0.4, 0.5) is 0 Å². The molecule has 15 heavy (non-hydrogen) atoms. The van der Waals surface area contributed by atoms with Gasteiger partial charge in [-0.3, -0.25) is 0 Å². The van der Waals surface area contributed by atoms with Gasteiger partial charge in [0.1, 0.15) is 6.33 Å². The third-order valence-electron chi connectivity index (χ3n) is 2.23. The number of hydrogen-bond acceptors (Lipinski definition) is 2. The Labute approximate surface area is 94.0 Å². The van der Waals surface area contributed by atoms with E-state index in [9.17, 15) is 0 Å². The highest BCUT2D eigenvalue weighted by Gasteiger charge is 2.00. The number of hydrogen-bond donors (Lipinski definition) is 0. The van der Waals surface area contributed by atoms with Crippen LogP contribution < -0.4 is 0 Å². The lowest BCUT2D eigenvalue weighted by molar-refractivity contribution is 1.00. The third kappa shape index (κ3) is 2.34. The van der Waals surface area contributed by atoms with Gasteiger partial charge in [-0.25, -0.2) is 9.97 Å². The summed E-state index contributed by atoms with van der Waals surface area (Å²) < 4.78 is 0. The molecule has 76 valence electrons. The smallest absolute Gasteiger partial charge is 0.116 e. The lowest BCUT2D eigenvalue weighted by atomic mass is 10.1. The van der Waals surface area contributed by atoms with Gasteiger partial charge < -0.3 is 0 Å². The maximum Gasteiger partial charge on any atom is 0.116 e. The molecular weight excluding hydrogens is 208 g/mol. The van der Waals surface area contributed by atoms with Gasteiger partial charge in [-0.2, -0.15) is 0 Å². The maximum absolute atomic E-state index is 5.82. The molecule has 0 aliphatic rings. The molecule has 0 N–H and O–H groups in total. The first-order valence-corrected chi connectivity index (χ1v) is 5.24. The summed E-state index contributed by atoms with van der Waals surface area (Å²) in [6, 6.07) is 9.66. The van der Waals surface area contributed by atoms with Gasteiger partial charge in [-0.05, 0) is 24.6 Å². The van der Waals surface area contributed by atoms with Crippen LogP contribution in [0.15, 0.2) is 36.7 Å². The van der Waals surface area contributed by atoms with Crippen molar-refractivity contribution in [3.05, 3.63) is 47.4 Å². The minimum atomic E-state index is 0.739. The summed E-state index contributed by atoms with van der Waals surface area (Å²) in [7, 11) is 0. The van der Waals surface area contributed by atoms with E-state index in [0.29, 0.717) is 0 Å². The minimum absolute atomic E-state index is 0.739. The summed E-state index contributed by atoms with van der Waals surface area (Å²) in [6.07, 6.45) is 2.52. The molecule has 0 aliphatic carbocycles. The largest absolute Gasteiger partial charge is 0.241 e. The Kier molecular flexibility index (Phi) is 2.97. The van der Waals surface area contributed by atoms with Crippen molar-refractivity contribution in [2.24, 2.45) is 0 Å². The SMILES string of the molecule is CCc1cc(-c2ccc(Cl)cc2)ncn1. The maximum atomic E-state index is 5.82. The van der Waals surface area contributed by atoms with E-state index in [1.165, 1.54) is 0 Å². The lowest BCUT2D eigenvalue weighted by Gasteiger charge is -2.02. The van der Waals surface area contributed by atoms with Gasteiger partial charge in [0.25, 0.3) is 0 Å². The van der Waals surface area contributed by atoms with Gasteiger partial charge >= 0.3 is 0 Å². The number of benzene rings is 1. The second-order valence-corrected chi connectivity index (χ2v) is 3.69. The van der Waals surface area contributed by atoms with Crippen molar-refractivity contribution < 1.29 is 0 Å². The Balaban J connectivity index is 2.40. The van der Waals surface area contributed by atoms with Gasteiger partial charge in [-0.15, -0.1) is 0 Å². The second-order valence-electron chi connectivity index (χ2n) is 3.26. The van der Waals surface area contributed by atoms with Crippen LogP contribution in [0.25, 0.3) is 11.3 Å². The van der Waals surface area contributed by atoms with Crippen molar-refractivity contribution in [2.75, 3.05) is 0 Å². The Morgan fingerprint density at radius 1 is 1.13 bits per heavy atom. The molecular formula is C12H11ClN2. The Morgan fingerprint density at radius 3 is 2.53 bits per heavy atom. The van der Waals surface area contributed by atoms with Crippen LogP contribution in [0, 0.1) is 0 Å². The molecule has 1 aromatic heterocycles. The lowest BCUT2D eigenvalue weighted by Crippen LogP contribution is -1.90. The van der Waals surface area contributed by atoms with E-state index in [1.807, 2.05) is 30.3 Å². The Bertz CT molecular complexity index is 451. The first-order valence-electron chi connectivity index (χ1n) is 4.86. The standard InChI is InChI=1S/C12H11ClN2/c1-2-11-7-12(15-8-14-11)9-3-5-10(13)6-4-9/h3-8H,2H2,1H3. The molecule has 0 saturated heterocycles. The fraction of sp³-hybridized carbons (Fsp3) is 0.167. The molecule has 2 aromatic rings. The van der Waals surface area contributed by atoms with Crippen LogP contribution in [-0.4, -0.2) is 9.97 Å². The Morgan fingerprint density at radius 2 is 1.87 bits per heavy atom. The molecule has 2 rings (SSSR count). The van der Waals surface area contributed by atoms with Gasteiger partial charge in [0.05, 0.1) is 5.69 Å². The molecule has 0 atom stereocenters. The molecule has 0 spiro atoms. The van der Waals surface area contributed by atoms with Crippen LogP contribution in [0.2, 0.25) is 5.02 Å². The fourth-order valence-electron chi connectivity index (χ4n) is 1.37. The number of aromatic nitrogens is 2. The van der Waals surface area contributed by atoms with E-state index in [2.05, 4.69) is 16.9 Å². The predicted octanol–water partition coefficient (Wildman–Crippen LogP) is 3.36. The predicted molar refractivity (Wildman–Crippen MR) is 61.9 cm³/mol. The molecule has 0 bridgehead atoms. The summed E-state index contributed by atoms with van der Waals surface area (Å²) in [5, 5.41) is 0.739. The van der Waals surface area contributed by atoms with Crippen LogP contribution in [0.1, 0.15) is 12.6 Å². The van der Waals surface area contributed by atoms with Crippen LogP contribution in [-0.2, 0) is 6.42 Å². The highest BCUT2D eigenvalue weighted by Crippen LogP contribution is 2.19. The summed E-state index contributed by atoms with van der Waals surface area (Å²) in [5.41, 5.74) is 3.06. The van der Waals surface area contributed by atoms with Crippen molar-refractivity contribution >= 4 is 11.6 Å². The monoisotopic (exact) mass is 218 g/mol. The summed E-state index contributed by atoms with van der Waals surface area (Å²) in [4.78, 5) is 8.40. The fourth-order valence-corrected chi connectivity index (χ4v) is 1.50. The van der Waals surface area contributed by atoms with Crippen molar-refractivity contribution in [3.8, 4) is 11.3 Å². The van der Waals surface area contributed by atoms with E-state index in [-0.39, 0.29) is 0 Å². The summed E-state index contributed by atoms with van der Waals surface area (Å²) >= 11 is 5.82. The third-order valence-corrected chi connectivity index (χ3v) is 2.48. The topological polar surface area (TPSA) is 25.8 Å². The molecule has 0 unspecified atom stereocenters. The van der Waals surface area contributed by atoms with Gasteiger partial charge in [-0.1, -0.05) is 30.7 Å². The van der Waals surface area contributed by atoms with E-state index >= 15 is 0 Å². The number of aryl methyl sites for hydroxylation is 1. The summed E-state index contributed by atoms with van der Waals surface area (Å²) in [5.74, 6) is 0. The molecule has 0 saturated carbocycles. The average Bonchev–Trinajstić information content (AvgIpc) is 2.30. The van der Waals surface area contributed by atoms with Gasteiger partial charge in [0.2, 0.25) is 0 Å². The zero-order valence-corrected chi connectivity index (χ0v) is 9.20. The molecule has 1 aromatic carbocycles. The van der Waals surface area contributed by atoms with Crippen molar-refractivity contribution in [2.45, 2.75) is 13.3 Å². The van der Waals surface area contributed by atoms with E-state index in [1.54, 1.807) is 6.33 Å².